The Balaban J connectivity index is 2.28. The molecule has 0 aliphatic heterocycles. The number of aldehydes is 1. The summed E-state index contributed by atoms with van der Waals surface area (Å²) in [6, 6.07) is 3.81. The van der Waals surface area contributed by atoms with Crippen LogP contribution in [0, 0.1) is 0 Å². The van der Waals surface area contributed by atoms with Gasteiger partial charge in [-0.3, -0.25) is 0 Å². The average Bonchev–Trinajstić information content (AvgIpc) is 2.74. The lowest BCUT2D eigenvalue weighted by Crippen LogP contribution is -1.84. The Labute approximate surface area is 92.1 Å². The van der Waals surface area contributed by atoms with E-state index in [1.807, 2.05) is 12.1 Å². The fourth-order valence-corrected chi connectivity index (χ4v) is 2.26. The Morgan fingerprint density at radius 2 is 2.43 bits per heavy atom. The number of halogens is 1. The van der Waals surface area contributed by atoms with E-state index < -0.39 is 0 Å². The lowest BCUT2D eigenvalue weighted by atomic mass is 10.4. The Kier molecular flexibility index (Phi) is 2.74. The van der Waals surface area contributed by atoms with Gasteiger partial charge in [0.25, 0.3) is 0 Å². The molecule has 0 bridgehead atoms. The monoisotopic (exact) mass is 272 g/mol. The number of nitrogens with zero attached hydrogens (tertiary/aromatic N) is 2. The van der Waals surface area contributed by atoms with Gasteiger partial charge in [0, 0.05) is 0 Å². The fraction of sp³-hybridized carbons (Fsp3) is 0.125. The maximum Gasteiger partial charge on any atom is 0.234 e. The van der Waals surface area contributed by atoms with Gasteiger partial charge in [-0.05, 0) is 28.1 Å². The summed E-state index contributed by atoms with van der Waals surface area (Å²) in [7, 11) is 0. The summed E-state index contributed by atoms with van der Waals surface area (Å²) in [5.41, 5.74) is 0. The minimum Gasteiger partial charge on any atom is -0.338 e. The Bertz CT molecular complexity index is 452. The zero-order chi connectivity index (χ0) is 9.97. The van der Waals surface area contributed by atoms with Crippen LogP contribution in [0.1, 0.15) is 5.89 Å². The van der Waals surface area contributed by atoms with Gasteiger partial charge >= 0.3 is 0 Å². The fourth-order valence-electron chi connectivity index (χ4n) is 0.944. The van der Waals surface area contributed by atoms with Gasteiger partial charge in [-0.25, -0.2) is 0 Å². The molecule has 0 aromatic carbocycles. The zero-order valence-electron chi connectivity index (χ0n) is 6.94. The second-order valence-corrected chi connectivity index (χ2v) is 4.95. The van der Waals surface area contributed by atoms with Crippen molar-refractivity contribution >= 4 is 33.6 Å². The van der Waals surface area contributed by atoms with E-state index in [9.17, 15) is 4.79 Å². The molecule has 0 aliphatic rings. The molecule has 14 heavy (non-hydrogen) atoms. The van der Waals surface area contributed by atoms with Crippen molar-refractivity contribution in [1.82, 2.24) is 10.1 Å². The topological polar surface area (TPSA) is 56.0 Å². The van der Waals surface area contributed by atoms with Gasteiger partial charge in [-0.2, -0.15) is 4.98 Å². The standard InChI is InChI=1S/C8H5BrN2O2S/c9-6-2-1-5(14-6)8-10-7(3-4-12)13-11-8/h1-2,4H,3H2. The van der Waals surface area contributed by atoms with E-state index in [0.717, 1.165) is 14.9 Å². The van der Waals surface area contributed by atoms with Crippen LogP contribution in [-0.2, 0) is 11.2 Å². The maximum atomic E-state index is 10.2. The van der Waals surface area contributed by atoms with Crippen LogP contribution >= 0.6 is 27.3 Å². The van der Waals surface area contributed by atoms with Gasteiger partial charge < -0.3 is 9.32 Å². The molecule has 0 spiro atoms. The smallest absolute Gasteiger partial charge is 0.234 e. The van der Waals surface area contributed by atoms with E-state index in [2.05, 4.69) is 26.1 Å². The number of rotatable bonds is 3. The first kappa shape index (κ1) is 9.54. The third-order valence-electron chi connectivity index (χ3n) is 1.52. The van der Waals surface area contributed by atoms with Gasteiger partial charge in [-0.15, -0.1) is 11.3 Å². The number of aromatic nitrogens is 2. The number of hydrogen-bond acceptors (Lipinski definition) is 5. The van der Waals surface area contributed by atoms with Crippen molar-refractivity contribution in [2.24, 2.45) is 0 Å². The van der Waals surface area contributed by atoms with Gasteiger partial charge in [-0.1, -0.05) is 5.16 Å². The highest BCUT2D eigenvalue weighted by atomic mass is 79.9. The minimum atomic E-state index is 0.166. The highest BCUT2D eigenvalue weighted by Gasteiger charge is 2.09. The van der Waals surface area contributed by atoms with E-state index in [1.165, 1.54) is 11.3 Å². The molecule has 2 aromatic rings. The summed E-state index contributed by atoms with van der Waals surface area (Å²) >= 11 is 4.86. The number of hydrogen-bond donors (Lipinski definition) is 0. The third-order valence-corrected chi connectivity index (χ3v) is 3.14. The normalized spacial score (nSPS) is 10.4. The van der Waals surface area contributed by atoms with Crippen LogP contribution in [0.2, 0.25) is 0 Å². The van der Waals surface area contributed by atoms with Gasteiger partial charge in [0.05, 0.1) is 15.1 Å². The first-order valence-corrected chi connectivity index (χ1v) is 5.42. The van der Waals surface area contributed by atoms with Crippen LogP contribution in [0.25, 0.3) is 10.7 Å². The van der Waals surface area contributed by atoms with Gasteiger partial charge in [0.2, 0.25) is 11.7 Å². The SMILES string of the molecule is O=CCc1nc(-c2ccc(Br)s2)no1. The Hall–Kier alpha value is -1.01. The molecule has 4 nitrogen and oxygen atoms in total. The molecule has 2 aromatic heterocycles. The molecule has 0 aliphatic carbocycles. The first-order chi connectivity index (χ1) is 6.79. The number of carbonyl (C=O) groups excluding carboxylic acids is 1. The predicted molar refractivity (Wildman–Crippen MR) is 55.1 cm³/mol. The van der Waals surface area contributed by atoms with E-state index in [-0.39, 0.29) is 6.42 Å². The highest BCUT2D eigenvalue weighted by molar-refractivity contribution is 9.11. The second kappa shape index (κ2) is 4.02. The molecule has 6 heteroatoms. The van der Waals surface area contributed by atoms with Crippen LogP contribution in [0.3, 0.4) is 0 Å². The van der Waals surface area contributed by atoms with Crippen molar-refractivity contribution in [3.05, 3.63) is 21.8 Å². The Morgan fingerprint density at radius 1 is 1.57 bits per heavy atom. The van der Waals surface area contributed by atoms with E-state index in [0.29, 0.717) is 11.7 Å². The van der Waals surface area contributed by atoms with E-state index >= 15 is 0 Å². The quantitative estimate of drug-likeness (QED) is 0.805. The second-order valence-electron chi connectivity index (χ2n) is 2.49. The van der Waals surface area contributed by atoms with Crippen LogP contribution in [0.15, 0.2) is 20.4 Å². The third kappa shape index (κ3) is 1.91. The molecular formula is C8H5BrN2O2S. The predicted octanol–water partition coefficient (Wildman–Crippen LogP) is 2.30. The van der Waals surface area contributed by atoms with Crippen LogP contribution < -0.4 is 0 Å². The average molecular weight is 273 g/mol. The van der Waals surface area contributed by atoms with Gasteiger partial charge in [0.1, 0.15) is 6.29 Å². The summed E-state index contributed by atoms with van der Waals surface area (Å²) in [5.74, 6) is 0.872. The lowest BCUT2D eigenvalue weighted by Gasteiger charge is -1.82. The summed E-state index contributed by atoms with van der Waals surface area (Å²) < 4.78 is 5.88. The molecule has 0 saturated heterocycles. The molecule has 0 radical (unpaired) electrons. The van der Waals surface area contributed by atoms with Crippen molar-refractivity contribution in [2.45, 2.75) is 6.42 Å². The number of thiophene rings is 1. The van der Waals surface area contributed by atoms with Crippen molar-refractivity contribution in [1.29, 1.82) is 0 Å². The maximum absolute atomic E-state index is 10.2. The summed E-state index contributed by atoms with van der Waals surface area (Å²) in [4.78, 5) is 15.2. The van der Waals surface area contributed by atoms with Crippen LogP contribution in [-0.4, -0.2) is 16.4 Å². The summed E-state index contributed by atoms with van der Waals surface area (Å²) in [6.45, 7) is 0. The molecule has 0 unspecified atom stereocenters. The van der Waals surface area contributed by atoms with Crippen molar-refractivity contribution < 1.29 is 9.32 Å². The largest absolute Gasteiger partial charge is 0.338 e. The molecule has 0 saturated carbocycles. The lowest BCUT2D eigenvalue weighted by molar-refractivity contribution is -0.107. The van der Waals surface area contributed by atoms with Crippen LogP contribution in [0.4, 0.5) is 0 Å². The van der Waals surface area contributed by atoms with Crippen LogP contribution in [0.5, 0.6) is 0 Å². The minimum absolute atomic E-state index is 0.166. The molecule has 0 atom stereocenters. The molecule has 0 N–H and O–H groups in total. The van der Waals surface area contributed by atoms with E-state index in [1.54, 1.807) is 0 Å². The molecule has 2 rings (SSSR count). The van der Waals surface area contributed by atoms with E-state index in [4.69, 9.17) is 4.52 Å². The first-order valence-electron chi connectivity index (χ1n) is 3.81. The van der Waals surface area contributed by atoms with Crippen molar-refractivity contribution in [3.8, 4) is 10.7 Å². The molecule has 0 amide bonds. The van der Waals surface area contributed by atoms with Crippen molar-refractivity contribution in [2.75, 3.05) is 0 Å². The molecular weight excluding hydrogens is 268 g/mol. The summed E-state index contributed by atoms with van der Waals surface area (Å²) in [5, 5.41) is 3.76. The molecule has 72 valence electrons. The van der Waals surface area contributed by atoms with Gasteiger partial charge in [0.15, 0.2) is 0 Å². The summed E-state index contributed by atoms with van der Waals surface area (Å²) in [6.07, 6.45) is 0.904. The molecule has 0 fully saturated rings. The highest BCUT2D eigenvalue weighted by Crippen LogP contribution is 2.29. The zero-order valence-corrected chi connectivity index (χ0v) is 9.34. The Morgan fingerprint density at radius 3 is 3.07 bits per heavy atom. The molecule has 2 heterocycles. The number of carbonyl (C=O) groups is 1. The van der Waals surface area contributed by atoms with Crippen molar-refractivity contribution in [3.63, 3.8) is 0 Å².